The Balaban J connectivity index is 2.38. The Kier molecular flexibility index (Phi) is 3.33. The van der Waals surface area contributed by atoms with Crippen molar-refractivity contribution in [2.24, 2.45) is 0 Å². The van der Waals surface area contributed by atoms with Crippen LogP contribution in [0.5, 0.6) is 0 Å². The van der Waals surface area contributed by atoms with Gasteiger partial charge in [0.1, 0.15) is 0 Å². The molecule has 1 unspecified atom stereocenters. The summed E-state index contributed by atoms with van der Waals surface area (Å²) in [6, 6.07) is 0.607. The first kappa shape index (κ1) is 11.0. The van der Waals surface area contributed by atoms with Crippen LogP contribution < -0.4 is 0 Å². The third kappa shape index (κ3) is 3.63. The minimum Gasteiger partial charge on any atom is -0.389 e. The van der Waals surface area contributed by atoms with Gasteiger partial charge in [-0.2, -0.15) is 0 Å². The van der Waals surface area contributed by atoms with Crippen molar-refractivity contribution in [1.82, 2.24) is 9.80 Å². The summed E-state index contributed by atoms with van der Waals surface area (Å²) in [6.45, 7) is 10.0. The molecule has 3 heteroatoms. The van der Waals surface area contributed by atoms with Crippen molar-refractivity contribution in [2.45, 2.75) is 32.4 Å². The van der Waals surface area contributed by atoms with Crippen molar-refractivity contribution in [2.75, 3.05) is 33.2 Å². The molecule has 1 aliphatic rings. The van der Waals surface area contributed by atoms with Gasteiger partial charge < -0.3 is 10.0 Å². The lowest BCUT2D eigenvalue weighted by Crippen LogP contribution is -2.53. The molecule has 1 N–H and O–H groups in total. The van der Waals surface area contributed by atoms with Gasteiger partial charge in [-0.05, 0) is 27.8 Å². The van der Waals surface area contributed by atoms with E-state index in [4.69, 9.17) is 0 Å². The van der Waals surface area contributed by atoms with Crippen molar-refractivity contribution in [1.29, 1.82) is 0 Å². The summed E-state index contributed by atoms with van der Waals surface area (Å²) in [6.07, 6.45) is 0. The first-order chi connectivity index (χ1) is 5.88. The van der Waals surface area contributed by atoms with Gasteiger partial charge in [-0.1, -0.05) is 0 Å². The van der Waals surface area contributed by atoms with E-state index in [1.807, 2.05) is 13.8 Å². The maximum absolute atomic E-state index is 9.67. The summed E-state index contributed by atoms with van der Waals surface area (Å²) in [4.78, 5) is 4.70. The molecule has 0 spiro atoms. The first-order valence-electron chi connectivity index (χ1n) is 5.03. The molecule has 0 aromatic carbocycles. The molecule has 0 amide bonds. The van der Waals surface area contributed by atoms with E-state index in [1.165, 1.54) is 0 Å². The van der Waals surface area contributed by atoms with Crippen LogP contribution in [0, 0.1) is 0 Å². The second-order valence-electron chi connectivity index (χ2n) is 4.88. The summed E-state index contributed by atoms with van der Waals surface area (Å²) in [5, 5.41) is 9.67. The van der Waals surface area contributed by atoms with E-state index in [0.29, 0.717) is 6.04 Å². The van der Waals surface area contributed by atoms with Crippen molar-refractivity contribution in [3.63, 3.8) is 0 Å². The number of likely N-dealkylation sites (N-methyl/N-ethyl adjacent to an activating group) is 1. The molecule has 1 atom stereocenters. The van der Waals surface area contributed by atoms with Crippen LogP contribution >= 0.6 is 0 Å². The SMILES string of the molecule is CC1CN(CC(C)(C)O)CCN1C. The lowest BCUT2D eigenvalue weighted by atomic mass is 10.1. The summed E-state index contributed by atoms with van der Waals surface area (Å²) < 4.78 is 0. The number of rotatable bonds is 2. The molecule has 0 aliphatic carbocycles. The molecular formula is C10H22N2O. The summed E-state index contributed by atoms with van der Waals surface area (Å²) in [5.74, 6) is 0. The Morgan fingerprint density at radius 2 is 2.00 bits per heavy atom. The third-order valence-electron chi connectivity index (χ3n) is 2.65. The van der Waals surface area contributed by atoms with Gasteiger partial charge in [-0.25, -0.2) is 0 Å². The second-order valence-corrected chi connectivity index (χ2v) is 4.88. The average Bonchev–Trinajstić information content (AvgIpc) is 1.94. The van der Waals surface area contributed by atoms with Gasteiger partial charge in [-0.3, -0.25) is 4.90 Å². The van der Waals surface area contributed by atoms with Crippen molar-refractivity contribution in [3.8, 4) is 0 Å². The molecule has 1 rings (SSSR count). The van der Waals surface area contributed by atoms with E-state index in [1.54, 1.807) is 0 Å². The average molecular weight is 186 g/mol. The highest BCUT2D eigenvalue weighted by Crippen LogP contribution is 2.11. The number of nitrogens with zero attached hydrogens (tertiary/aromatic N) is 2. The number of β-amino-alcohol motifs (C(OH)–C–C–N with tert-alkyl or cyclic N) is 1. The van der Waals surface area contributed by atoms with Gasteiger partial charge in [0.25, 0.3) is 0 Å². The molecule has 1 saturated heterocycles. The normalized spacial score (nSPS) is 27.9. The highest BCUT2D eigenvalue weighted by Gasteiger charge is 2.24. The summed E-state index contributed by atoms with van der Waals surface area (Å²) in [5.41, 5.74) is -0.560. The first-order valence-corrected chi connectivity index (χ1v) is 5.03. The molecule has 0 aromatic rings. The van der Waals surface area contributed by atoms with Crippen LogP contribution in [-0.2, 0) is 0 Å². The Labute approximate surface area is 81.3 Å². The van der Waals surface area contributed by atoms with Gasteiger partial charge in [0.05, 0.1) is 5.60 Å². The fourth-order valence-electron chi connectivity index (χ4n) is 1.81. The van der Waals surface area contributed by atoms with E-state index in [9.17, 15) is 5.11 Å². The minimum atomic E-state index is -0.560. The Bertz CT molecular complexity index is 165. The molecule has 1 fully saturated rings. The fraction of sp³-hybridized carbons (Fsp3) is 1.00. The molecule has 0 radical (unpaired) electrons. The highest BCUT2D eigenvalue weighted by atomic mass is 16.3. The zero-order chi connectivity index (χ0) is 10.1. The second kappa shape index (κ2) is 3.95. The van der Waals surface area contributed by atoms with E-state index >= 15 is 0 Å². The van der Waals surface area contributed by atoms with Gasteiger partial charge in [0.2, 0.25) is 0 Å². The maximum Gasteiger partial charge on any atom is 0.0718 e. The lowest BCUT2D eigenvalue weighted by molar-refractivity contribution is 0.00931. The Morgan fingerprint density at radius 1 is 1.38 bits per heavy atom. The molecule has 1 aliphatic heterocycles. The molecule has 0 bridgehead atoms. The number of hydrogen-bond acceptors (Lipinski definition) is 3. The number of aliphatic hydroxyl groups is 1. The Hall–Kier alpha value is -0.120. The summed E-state index contributed by atoms with van der Waals surface area (Å²) >= 11 is 0. The number of hydrogen-bond donors (Lipinski definition) is 1. The minimum absolute atomic E-state index is 0.560. The zero-order valence-corrected chi connectivity index (χ0v) is 9.25. The van der Waals surface area contributed by atoms with Gasteiger partial charge >= 0.3 is 0 Å². The van der Waals surface area contributed by atoms with E-state index < -0.39 is 5.60 Å². The predicted molar refractivity (Wildman–Crippen MR) is 54.8 cm³/mol. The monoisotopic (exact) mass is 186 g/mol. The molecule has 13 heavy (non-hydrogen) atoms. The summed E-state index contributed by atoms with van der Waals surface area (Å²) in [7, 11) is 2.16. The van der Waals surface area contributed by atoms with Crippen molar-refractivity contribution in [3.05, 3.63) is 0 Å². The molecule has 1 heterocycles. The molecule has 0 saturated carbocycles. The van der Waals surface area contributed by atoms with Gasteiger partial charge in [0.15, 0.2) is 0 Å². The standard InChI is InChI=1S/C10H22N2O/c1-9-7-12(6-5-11(9)4)8-10(2,3)13/h9,13H,5-8H2,1-4H3. The van der Waals surface area contributed by atoms with Crippen LogP contribution in [0.25, 0.3) is 0 Å². The largest absolute Gasteiger partial charge is 0.389 e. The molecule has 0 aromatic heterocycles. The van der Waals surface area contributed by atoms with E-state index in [0.717, 1.165) is 26.2 Å². The van der Waals surface area contributed by atoms with Crippen LogP contribution in [0.1, 0.15) is 20.8 Å². The lowest BCUT2D eigenvalue weighted by Gasteiger charge is -2.39. The van der Waals surface area contributed by atoms with E-state index in [2.05, 4.69) is 23.8 Å². The molecule has 78 valence electrons. The maximum atomic E-state index is 9.67. The highest BCUT2D eigenvalue weighted by molar-refractivity contribution is 4.80. The van der Waals surface area contributed by atoms with Crippen LogP contribution in [0.2, 0.25) is 0 Å². The van der Waals surface area contributed by atoms with Crippen LogP contribution in [0.4, 0.5) is 0 Å². The van der Waals surface area contributed by atoms with Crippen LogP contribution in [0.3, 0.4) is 0 Å². The van der Waals surface area contributed by atoms with Gasteiger partial charge in [0, 0.05) is 32.2 Å². The van der Waals surface area contributed by atoms with Gasteiger partial charge in [-0.15, -0.1) is 0 Å². The topological polar surface area (TPSA) is 26.7 Å². The van der Waals surface area contributed by atoms with E-state index in [-0.39, 0.29) is 0 Å². The van der Waals surface area contributed by atoms with Crippen LogP contribution in [0.15, 0.2) is 0 Å². The predicted octanol–water partition coefficient (Wildman–Crippen LogP) is 0.393. The molecular weight excluding hydrogens is 164 g/mol. The smallest absolute Gasteiger partial charge is 0.0718 e. The van der Waals surface area contributed by atoms with Crippen molar-refractivity contribution < 1.29 is 5.11 Å². The number of piperazine rings is 1. The quantitative estimate of drug-likeness (QED) is 0.676. The van der Waals surface area contributed by atoms with Crippen LogP contribution in [-0.4, -0.2) is 59.8 Å². The Morgan fingerprint density at radius 3 is 2.46 bits per heavy atom. The fourth-order valence-corrected chi connectivity index (χ4v) is 1.81. The third-order valence-corrected chi connectivity index (χ3v) is 2.65. The van der Waals surface area contributed by atoms with Crippen molar-refractivity contribution >= 4 is 0 Å². The molecule has 3 nitrogen and oxygen atoms in total. The zero-order valence-electron chi connectivity index (χ0n) is 9.25.